The van der Waals surface area contributed by atoms with E-state index in [0.717, 1.165) is 57.8 Å². The minimum Gasteiger partial charge on any atom is -0.421 e. The Bertz CT molecular complexity index is 567. The van der Waals surface area contributed by atoms with Gasteiger partial charge in [0.25, 0.3) is 6.29 Å². The van der Waals surface area contributed by atoms with Crippen LogP contribution in [0.2, 0.25) is 0 Å². The molecule has 0 saturated heterocycles. The summed E-state index contributed by atoms with van der Waals surface area (Å²) in [6.45, 7) is 7.71. The molecule has 2 atom stereocenters. The summed E-state index contributed by atoms with van der Waals surface area (Å²) in [7, 11) is 0. The maximum absolute atomic E-state index is 12.5. The first kappa shape index (κ1) is 23.9. The number of ether oxygens (including phenoxy) is 2. The molecule has 0 aliphatic rings. The van der Waals surface area contributed by atoms with Crippen LogP contribution in [0, 0.1) is 5.92 Å². The Labute approximate surface area is 170 Å². The number of hydrogen-bond donors (Lipinski definition) is 0. The van der Waals surface area contributed by atoms with Crippen LogP contribution < -0.4 is 0 Å². The Kier molecular flexibility index (Phi) is 12.7. The van der Waals surface area contributed by atoms with Crippen molar-refractivity contribution < 1.29 is 19.1 Å². The molecule has 28 heavy (non-hydrogen) atoms. The Morgan fingerprint density at radius 1 is 1.00 bits per heavy atom. The Morgan fingerprint density at radius 2 is 1.71 bits per heavy atom. The lowest BCUT2D eigenvalue weighted by atomic mass is 10.0. The summed E-state index contributed by atoms with van der Waals surface area (Å²) in [6.07, 6.45) is 10.2. The first-order valence-corrected chi connectivity index (χ1v) is 10.6. The number of hydrogen-bond acceptors (Lipinski definition) is 4. The SMILES string of the molecule is C=CCCCCCC(C)C(=O)OC(OC(=O)CCCCCC)c1ccccc1. The van der Waals surface area contributed by atoms with Gasteiger partial charge in [0.05, 0.1) is 5.92 Å². The molecule has 0 spiro atoms. The predicted molar refractivity (Wildman–Crippen MR) is 113 cm³/mol. The zero-order valence-corrected chi connectivity index (χ0v) is 17.5. The van der Waals surface area contributed by atoms with Gasteiger partial charge >= 0.3 is 11.9 Å². The fourth-order valence-electron chi connectivity index (χ4n) is 2.90. The number of unbranched alkanes of at least 4 members (excludes halogenated alkanes) is 6. The van der Waals surface area contributed by atoms with Crippen LogP contribution in [-0.2, 0) is 19.1 Å². The summed E-state index contributed by atoms with van der Waals surface area (Å²) in [5.41, 5.74) is 0.677. The first-order chi connectivity index (χ1) is 13.6. The second kappa shape index (κ2) is 14.9. The van der Waals surface area contributed by atoms with Crippen LogP contribution in [-0.4, -0.2) is 11.9 Å². The van der Waals surface area contributed by atoms with Gasteiger partial charge in [0, 0.05) is 12.0 Å². The van der Waals surface area contributed by atoms with Gasteiger partial charge in [0.15, 0.2) is 0 Å². The summed E-state index contributed by atoms with van der Waals surface area (Å²) in [5.74, 6) is -0.871. The predicted octanol–water partition coefficient (Wildman–Crippen LogP) is 6.51. The van der Waals surface area contributed by atoms with Crippen LogP contribution in [0.3, 0.4) is 0 Å². The van der Waals surface area contributed by atoms with Crippen LogP contribution in [0.25, 0.3) is 0 Å². The molecule has 0 aromatic heterocycles. The van der Waals surface area contributed by atoms with E-state index in [9.17, 15) is 9.59 Å². The third-order valence-electron chi connectivity index (χ3n) is 4.72. The van der Waals surface area contributed by atoms with Gasteiger partial charge < -0.3 is 9.47 Å². The van der Waals surface area contributed by atoms with E-state index in [-0.39, 0.29) is 17.9 Å². The minimum atomic E-state index is -0.976. The molecule has 4 nitrogen and oxygen atoms in total. The number of carbonyl (C=O) groups is 2. The van der Waals surface area contributed by atoms with Gasteiger partial charge in [-0.1, -0.05) is 82.4 Å². The quantitative estimate of drug-likeness (QED) is 0.149. The smallest absolute Gasteiger partial charge is 0.311 e. The Balaban J connectivity index is 2.56. The molecule has 0 bridgehead atoms. The largest absolute Gasteiger partial charge is 0.421 e. The normalized spacial score (nSPS) is 12.8. The van der Waals surface area contributed by atoms with E-state index in [2.05, 4.69) is 13.5 Å². The van der Waals surface area contributed by atoms with Gasteiger partial charge in [-0.2, -0.15) is 0 Å². The average molecular weight is 389 g/mol. The fraction of sp³-hybridized carbons (Fsp3) is 0.583. The van der Waals surface area contributed by atoms with Gasteiger partial charge in [-0.05, 0) is 25.7 Å². The van der Waals surface area contributed by atoms with E-state index in [1.165, 1.54) is 0 Å². The summed E-state index contributed by atoms with van der Waals surface area (Å²) in [6, 6.07) is 9.17. The molecule has 0 aliphatic heterocycles. The van der Waals surface area contributed by atoms with Crippen molar-refractivity contribution in [2.75, 3.05) is 0 Å². The summed E-state index contributed by atoms with van der Waals surface area (Å²) in [5, 5.41) is 0. The topological polar surface area (TPSA) is 52.6 Å². The van der Waals surface area contributed by atoms with Gasteiger partial charge in [0.2, 0.25) is 0 Å². The summed E-state index contributed by atoms with van der Waals surface area (Å²) < 4.78 is 11.1. The van der Waals surface area contributed by atoms with E-state index < -0.39 is 6.29 Å². The lowest BCUT2D eigenvalue weighted by molar-refractivity contribution is -0.192. The molecule has 0 saturated carbocycles. The van der Waals surface area contributed by atoms with Crippen LogP contribution in [0.1, 0.15) is 89.9 Å². The van der Waals surface area contributed by atoms with Crippen LogP contribution in [0.5, 0.6) is 0 Å². The second-order valence-electron chi connectivity index (χ2n) is 7.31. The van der Waals surface area contributed by atoms with Crippen LogP contribution >= 0.6 is 0 Å². The molecule has 1 rings (SSSR count). The zero-order chi connectivity index (χ0) is 20.6. The molecular weight excluding hydrogens is 352 g/mol. The molecule has 0 amide bonds. The van der Waals surface area contributed by atoms with E-state index in [4.69, 9.17) is 9.47 Å². The van der Waals surface area contributed by atoms with E-state index in [1.807, 2.05) is 43.3 Å². The highest BCUT2D eigenvalue weighted by Gasteiger charge is 2.24. The van der Waals surface area contributed by atoms with Crippen molar-refractivity contribution in [1.82, 2.24) is 0 Å². The molecule has 0 radical (unpaired) electrons. The monoisotopic (exact) mass is 388 g/mol. The van der Waals surface area contributed by atoms with Crippen molar-refractivity contribution in [1.29, 1.82) is 0 Å². The highest BCUT2D eigenvalue weighted by molar-refractivity contribution is 5.73. The van der Waals surface area contributed by atoms with Gasteiger partial charge in [0.1, 0.15) is 0 Å². The van der Waals surface area contributed by atoms with Crippen molar-refractivity contribution in [3.63, 3.8) is 0 Å². The second-order valence-corrected chi connectivity index (χ2v) is 7.31. The van der Waals surface area contributed by atoms with Crippen molar-refractivity contribution in [3.8, 4) is 0 Å². The zero-order valence-electron chi connectivity index (χ0n) is 17.5. The maximum Gasteiger partial charge on any atom is 0.311 e. The molecular formula is C24H36O4. The first-order valence-electron chi connectivity index (χ1n) is 10.6. The molecule has 0 aliphatic carbocycles. The summed E-state index contributed by atoms with van der Waals surface area (Å²) in [4.78, 5) is 24.7. The lowest BCUT2D eigenvalue weighted by Crippen LogP contribution is -2.22. The van der Waals surface area contributed by atoms with E-state index in [1.54, 1.807) is 0 Å². The summed E-state index contributed by atoms with van der Waals surface area (Å²) >= 11 is 0. The highest BCUT2D eigenvalue weighted by atomic mass is 16.7. The van der Waals surface area contributed by atoms with Crippen molar-refractivity contribution in [3.05, 3.63) is 48.6 Å². The molecule has 2 unspecified atom stereocenters. The fourth-order valence-corrected chi connectivity index (χ4v) is 2.90. The average Bonchev–Trinajstić information content (AvgIpc) is 2.71. The number of benzene rings is 1. The van der Waals surface area contributed by atoms with E-state index in [0.29, 0.717) is 12.0 Å². The molecule has 0 heterocycles. The van der Waals surface area contributed by atoms with Crippen LogP contribution in [0.15, 0.2) is 43.0 Å². The Morgan fingerprint density at radius 3 is 2.39 bits per heavy atom. The van der Waals surface area contributed by atoms with E-state index >= 15 is 0 Å². The molecule has 1 aromatic carbocycles. The molecule has 0 N–H and O–H groups in total. The number of esters is 2. The molecule has 156 valence electrons. The Hall–Kier alpha value is -2.10. The minimum absolute atomic E-state index is 0.224. The number of carbonyl (C=O) groups excluding carboxylic acids is 2. The third kappa shape index (κ3) is 10.3. The number of rotatable bonds is 15. The maximum atomic E-state index is 12.5. The van der Waals surface area contributed by atoms with Gasteiger partial charge in [-0.15, -0.1) is 6.58 Å². The van der Waals surface area contributed by atoms with Crippen molar-refractivity contribution in [2.45, 2.75) is 84.3 Å². The van der Waals surface area contributed by atoms with Crippen LogP contribution in [0.4, 0.5) is 0 Å². The standard InChI is InChI=1S/C24H36O4/c1-4-6-8-10-12-16-20(3)23(26)28-24(21-17-13-11-14-18-21)27-22(25)19-15-9-7-5-2/h4,11,13-14,17-18,20,24H,1,5-10,12,15-16,19H2,2-3H3. The van der Waals surface area contributed by atoms with Crippen molar-refractivity contribution in [2.24, 2.45) is 5.92 Å². The van der Waals surface area contributed by atoms with Gasteiger partial charge in [-0.25, -0.2) is 0 Å². The van der Waals surface area contributed by atoms with Gasteiger partial charge in [-0.3, -0.25) is 9.59 Å². The molecule has 1 aromatic rings. The highest BCUT2D eigenvalue weighted by Crippen LogP contribution is 2.23. The lowest BCUT2D eigenvalue weighted by Gasteiger charge is -2.21. The molecule has 0 fully saturated rings. The molecule has 4 heteroatoms. The van der Waals surface area contributed by atoms with Crippen molar-refractivity contribution >= 4 is 11.9 Å². The number of allylic oxidation sites excluding steroid dienone is 1. The third-order valence-corrected chi connectivity index (χ3v) is 4.72.